The summed E-state index contributed by atoms with van der Waals surface area (Å²) < 4.78 is 5.40. The number of hydrogen-bond donors (Lipinski definition) is 0. The average molecular weight is 260 g/mol. The molecule has 0 aliphatic heterocycles. The second-order valence-electron chi connectivity index (χ2n) is 5.43. The zero-order chi connectivity index (χ0) is 14.4. The van der Waals surface area contributed by atoms with Crippen molar-refractivity contribution >= 4 is 0 Å². The first kappa shape index (κ1) is 15.5. The van der Waals surface area contributed by atoms with E-state index in [1.807, 2.05) is 20.2 Å². The molecule has 0 saturated carbocycles. The van der Waals surface area contributed by atoms with Crippen molar-refractivity contribution in [1.82, 2.24) is 4.90 Å². The Morgan fingerprint density at radius 2 is 2.00 bits per heavy atom. The summed E-state index contributed by atoms with van der Waals surface area (Å²) in [5.41, 5.74) is 2.26. The van der Waals surface area contributed by atoms with Crippen LogP contribution in [0.2, 0.25) is 0 Å². The Bertz CT molecular complexity index is 447. The van der Waals surface area contributed by atoms with Crippen molar-refractivity contribution in [2.45, 2.75) is 32.1 Å². The number of ether oxygens (including phenoxy) is 1. The van der Waals surface area contributed by atoms with Gasteiger partial charge < -0.3 is 9.64 Å². The van der Waals surface area contributed by atoms with Crippen LogP contribution >= 0.6 is 0 Å². The number of nitrogens with zero attached hydrogens (tertiary/aromatic N) is 2. The summed E-state index contributed by atoms with van der Waals surface area (Å²) in [4.78, 5) is 2.10. The van der Waals surface area contributed by atoms with E-state index in [0.717, 1.165) is 24.3 Å². The third kappa shape index (κ3) is 4.25. The Morgan fingerprint density at radius 3 is 2.47 bits per heavy atom. The molecule has 1 aromatic carbocycles. The smallest absolute Gasteiger partial charge is 0.123 e. The topological polar surface area (TPSA) is 36.3 Å². The van der Waals surface area contributed by atoms with Crippen LogP contribution < -0.4 is 4.74 Å². The molecule has 0 N–H and O–H groups in total. The number of hydrogen-bond acceptors (Lipinski definition) is 3. The van der Waals surface area contributed by atoms with E-state index >= 15 is 0 Å². The number of benzene rings is 1. The monoisotopic (exact) mass is 260 g/mol. The van der Waals surface area contributed by atoms with Crippen LogP contribution in [0.25, 0.3) is 0 Å². The van der Waals surface area contributed by atoms with E-state index in [1.165, 1.54) is 5.56 Å². The van der Waals surface area contributed by atoms with Gasteiger partial charge in [0.25, 0.3) is 0 Å². The number of nitriles is 1. The van der Waals surface area contributed by atoms with Gasteiger partial charge >= 0.3 is 0 Å². The molecule has 0 radical (unpaired) electrons. The Balaban J connectivity index is 3.06. The molecule has 0 saturated heterocycles. The highest BCUT2D eigenvalue weighted by Crippen LogP contribution is 2.31. The highest BCUT2D eigenvalue weighted by molar-refractivity contribution is 5.43. The minimum atomic E-state index is -0.115. The summed E-state index contributed by atoms with van der Waals surface area (Å²) in [5.74, 6) is 1.16. The van der Waals surface area contributed by atoms with Crippen LogP contribution in [0.4, 0.5) is 0 Å². The van der Waals surface area contributed by atoms with E-state index in [9.17, 15) is 5.26 Å². The van der Waals surface area contributed by atoms with Gasteiger partial charge in [-0.2, -0.15) is 5.26 Å². The first-order chi connectivity index (χ1) is 8.99. The molecule has 0 spiro atoms. The zero-order valence-electron chi connectivity index (χ0n) is 12.6. The van der Waals surface area contributed by atoms with Gasteiger partial charge in [0.2, 0.25) is 0 Å². The quantitative estimate of drug-likeness (QED) is 0.786. The summed E-state index contributed by atoms with van der Waals surface area (Å²) >= 11 is 0. The van der Waals surface area contributed by atoms with Gasteiger partial charge in [0.05, 0.1) is 19.1 Å². The minimum absolute atomic E-state index is 0.115. The molecule has 3 heteroatoms. The largest absolute Gasteiger partial charge is 0.496 e. The SMILES string of the molecule is COc1ccc(C(C)C)cc1C(C#N)CCN(C)C. The van der Waals surface area contributed by atoms with Crippen molar-refractivity contribution in [3.05, 3.63) is 29.3 Å². The molecule has 0 aliphatic carbocycles. The van der Waals surface area contributed by atoms with Crippen molar-refractivity contribution in [1.29, 1.82) is 5.26 Å². The maximum Gasteiger partial charge on any atom is 0.123 e. The first-order valence-electron chi connectivity index (χ1n) is 6.71. The summed E-state index contributed by atoms with van der Waals surface area (Å²) in [6.45, 7) is 5.22. The normalized spacial score (nSPS) is 12.5. The molecule has 1 rings (SSSR count). The molecule has 3 nitrogen and oxygen atoms in total. The number of rotatable bonds is 6. The lowest BCUT2D eigenvalue weighted by molar-refractivity contribution is 0.383. The van der Waals surface area contributed by atoms with Gasteiger partial charge in [-0.25, -0.2) is 0 Å². The summed E-state index contributed by atoms with van der Waals surface area (Å²) in [6, 6.07) is 8.58. The molecule has 104 valence electrons. The van der Waals surface area contributed by atoms with Gasteiger partial charge in [-0.1, -0.05) is 26.0 Å². The van der Waals surface area contributed by atoms with Gasteiger partial charge in [-0.05, 0) is 44.6 Å². The highest BCUT2D eigenvalue weighted by atomic mass is 16.5. The van der Waals surface area contributed by atoms with Crippen molar-refractivity contribution in [2.24, 2.45) is 0 Å². The Labute approximate surface area is 116 Å². The van der Waals surface area contributed by atoms with Crippen LogP contribution in [-0.4, -0.2) is 32.6 Å². The lowest BCUT2D eigenvalue weighted by Gasteiger charge is -2.18. The lowest BCUT2D eigenvalue weighted by Crippen LogP contribution is -2.16. The first-order valence-corrected chi connectivity index (χ1v) is 6.71. The molecule has 19 heavy (non-hydrogen) atoms. The van der Waals surface area contributed by atoms with E-state index in [-0.39, 0.29) is 5.92 Å². The Kier molecular flexibility index (Phi) is 5.85. The summed E-state index contributed by atoms with van der Waals surface area (Å²) in [5, 5.41) is 9.42. The molecule has 0 aromatic heterocycles. The van der Waals surface area contributed by atoms with Crippen molar-refractivity contribution in [3.8, 4) is 11.8 Å². The van der Waals surface area contributed by atoms with Gasteiger partial charge in [-0.15, -0.1) is 0 Å². The van der Waals surface area contributed by atoms with Crippen molar-refractivity contribution in [3.63, 3.8) is 0 Å². The molecule has 0 heterocycles. The van der Waals surface area contributed by atoms with E-state index in [4.69, 9.17) is 4.74 Å². The maximum atomic E-state index is 9.42. The molecular formula is C16H24N2O. The number of methoxy groups -OCH3 is 1. The molecule has 1 atom stereocenters. The van der Waals surface area contributed by atoms with E-state index in [2.05, 4.69) is 36.9 Å². The van der Waals surface area contributed by atoms with Crippen LogP contribution in [0.1, 0.15) is 43.2 Å². The predicted octanol–water partition coefficient (Wildman–Crippen LogP) is 3.38. The van der Waals surface area contributed by atoms with Gasteiger partial charge in [0.15, 0.2) is 0 Å². The zero-order valence-corrected chi connectivity index (χ0v) is 12.6. The molecule has 0 fully saturated rings. The second kappa shape index (κ2) is 7.16. The minimum Gasteiger partial charge on any atom is -0.496 e. The van der Waals surface area contributed by atoms with Gasteiger partial charge in [0, 0.05) is 5.56 Å². The lowest BCUT2D eigenvalue weighted by atomic mass is 9.91. The van der Waals surface area contributed by atoms with Crippen molar-refractivity contribution < 1.29 is 4.74 Å². The van der Waals surface area contributed by atoms with Crippen LogP contribution in [0.5, 0.6) is 5.75 Å². The predicted molar refractivity (Wildman–Crippen MR) is 78.6 cm³/mol. The van der Waals surface area contributed by atoms with Gasteiger partial charge in [-0.3, -0.25) is 0 Å². The second-order valence-corrected chi connectivity index (χ2v) is 5.43. The maximum absolute atomic E-state index is 9.42. The molecule has 0 amide bonds. The Morgan fingerprint density at radius 1 is 1.32 bits per heavy atom. The van der Waals surface area contributed by atoms with E-state index in [0.29, 0.717) is 5.92 Å². The fourth-order valence-electron chi connectivity index (χ4n) is 2.06. The van der Waals surface area contributed by atoms with E-state index < -0.39 is 0 Å². The molecule has 0 bridgehead atoms. The summed E-state index contributed by atoms with van der Waals surface area (Å²) in [7, 11) is 5.71. The highest BCUT2D eigenvalue weighted by Gasteiger charge is 2.17. The molecule has 1 aromatic rings. The molecular weight excluding hydrogens is 236 g/mol. The van der Waals surface area contributed by atoms with Crippen LogP contribution in [0.15, 0.2) is 18.2 Å². The fourth-order valence-corrected chi connectivity index (χ4v) is 2.06. The molecule has 1 unspecified atom stereocenters. The third-order valence-electron chi connectivity index (χ3n) is 3.32. The van der Waals surface area contributed by atoms with Crippen LogP contribution in [0.3, 0.4) is 0 Å². The standard InChI is InChI=1S/C16H24N2O/c1-12(2)13-6-7-16(19-5)15(10-13)14(11-17)8-9-18(3)4/h6-7,10,12,14H,8-9H2,1-5H3. The Hall–Kier alpha value is -1.53. The van der Waals surface area contributed by atoms with E-state index in [1.54, 1.807) is 7.11 Å². The van der Waals surface area contributed by atoms with Crippen LogP contribution in [-0.2, 0) is 0 Å². The average Bonchev–Trinajstić information content (AvgIpc) is 2.38. The fraction of sp³-hybridized carbons (Fsp3) is 0.562. The molecule has 0 aliphatic rings. The summed E-state index contributed by atoms with van der Waals surface area (Å²) in [6.07, 6.45) is 0.821. The van der Waals surface area contributed by atoms with Gasteiger partial charge in [0.1, 0.15) is 5.75 Å². The third-order valence-corrected chi connectivity index (χ3v) is 3.32. The van der Waals surface area contributed by atoms with Crippen molar-refractivity contribution in [2.75, 3.05) is 27.7 Å². The van der Waals surface area contributed by atoms with Crippen LogP contribution in [0, 0.1) is 11.3 Å².